The van der Waals surface area contributed by atoms with E-state index >= 15 is 0 Å². The molecule has 0 saturated heterocycles. The minimum Gasteiger partial charge on any atom is -0.261 e. The maximum absolute atomic E-state index is 11.8. The first-order valence-electron chi connectivity index (χ1n) is 6.70. The number of aryl methyl sites for hydroxylation is 1. The van der Waals surface area contributed by atoms with Crippen molar-refractivity contribution in [2.75, 3.05) is 0 Å². The average Bonchev–Trinajstić information content (AvgIpc) is 2.78. The number of aromatic nitrogens is 2. The van der Waals surface area contributed by atoms with Gasteiger partial charge in [0.2, 0.25) is 0 Å². The zero-order valence-corrected chi connectivity index (χ0v) is 12.8. The minimum absolute atomic E-state index is 0.154. The van der Waals surface area contributed by atoms with Crippen molar-refractivity contribution in [2.24, 2.45) is 0 Å². The average molecular weight is 303 g/mol. The third kappa shape index (κ3) is 2.87. The zero-order chi connectivity index (χ0) is 14.0. The molecule has 19 heavy (non-hydrogen) atoms. The Kier molecular flexibility index (Phi) is 4.36. The number of hydrogen-bond acceptors (Lipinski definition) is 3. The standard InChI is InChI=1S/C13H19ClN2O2S/c1-3-11-13(19(14,17)18)12(4-2)16(15-11)10-8-6-5-7-9-10/h6,8,10H,3-5,7,9H2,1-2H3. The Labute approximate surface area is 118 Å². The van der Waals surface area contributed by atoms with Crippen LogP contribution < -0.4 is 0 Å². The highest BCUT2D eigenvalue weighted by Gasteiger charge is 2.27. The Balaban J connectivity index is 2.59. The highest BCUT2D eigenvalue weighted by atomic mass is 35.7. The smallest absolute Gasteiger partial charge is 0.261 e. The molecule has 4 nitrogen and oxygen atoms in total. The molecule has 0 radical (unpaired) electrons. The summed E-state index contributed by atoms with van der Waals surface area (Å²) in [6.45, 7) is 3.83. The largest absolute Gasteiger partial charge is 0.264 e. The van der Waals surface area contributed by atoms with Crippen LogP contribution in [0, 0.1) is 0 Å². The number of nitrogens with zero attached hydrogens (tertiary/aromatic N) is 2. The van der Waals surface area contributed by atoms with E-state index < -0.39 is 9.05 Å². The van der Waals surface area contributed by atoms with Crippen LogP contribution in [0.4, 0.5) is 0 Å². The molecular weight excluding hydrogens is 284 g/mol. The number of halogens is 1. The molecule has 0 fully saturated rings. The lowest BCUT2D eigenvalue weighted by atomic mass is 10.0. The summed E-state index contributed by atoms with van der Waals surface area (Å²) in [5.74, 6) is 0. The molecule has 1 atom stereocenters. The number of rotatable bonds is 4. The van der Waals surface area contributed by atoms with E-state index in [2.05, 4.69) is 17.3 Å². The molecule has 0 aliphatic heterocycles. The van der Waals surface area contributed by atoms with Crippen LogP contribution in [-0.2, 0) is 21.9 Å². The highest BCUT2D eigenvalue weighted by molar-refractivity contribution is 8.13. The van der Waals surface area contributed by atoms with Gasteiger partial charge < -0.3 is 0 Å². The zero-order valence-electron chi connectivity index (χ0n) is 11.3. The summed E-state index contributed by atoms with van der Waals surface area (Å²) in [5.41, 5.74) is 1.30. The van der Waals surface area contributed by atoms with Crippen molar-refractivity contribution >= 4 is 19.7 Å². The molecule has 1 heterocycles. The summed E-state index contributed by atoms with van der Waals surface area (Å²) in [5, 5.41) is 4.49. The molecule has 0 saturated carbocycles. The van der Waals surface area contributed by atoms with Crippen LogP contribution in [0.2, 0.25) is 0 Å². The summed E-state index contributed by atoms with van der Waals surface area (Å²) in [6.07, 6.45) is 8.61. The third-order valence-corrected chi connectivity index (χ3v) is 4.91. The second kappa shape index (κ2) is 5.67. The lowest BCUT2D eigenvalue weighted by Crippen LogP contribution is -2.14. The molecule has 0 aromatic carbocycles. The Morgan fingerprint density at radius 1 is 1.42 bits per heavy atom. The Hall–Kier alpha value is -0.810. The number of allylic oxidation sites excluding steroid dienone is 2. The molecular formula is C13H19ClN2O2S. The Bertz CT molecular complexity index is 590. The van der Waals surface area contributed by atoms with Crippen LogP contribution in [0.15, 0.2) is 17.0 Å². The highest BCUT2D eigenvalue weighted by Crippen LogP contribution is 2.30. The summed E-state index contributed by atoms with van der Waals surface area (Å²) in [6, 6.07) is 0.154. The van der Waals surface area contributed by atoms with Gasteiger partial charge in [0, 0.05) is 10.7 Å². The van der Waals surface area contributed by atoms with E-state index in [9.17, 15) is 8.42 Å². The quantitative estimate of drug-likeness (QED) is 0.634. The van der Waals surface area contributed by atoms with E-state index in [1.54, 1.807) is 0 Å². The van der Waals surface area contributed by atoms with E-state index in [0.29, 0.717) is 18.5 Å². The first kappa shape index (κ1) is 14.6. The van der Waals surface area contributed by atoms with Crippen molar-refractivity contribution in [3.05, 3.63) is 23.5 Å². The summed E-state index contributed by atoms with van der Waals surface area (Å²) in [7, 11) is 1.84. The minimum atomic E-state index is -3.74. The molecule has 0 N–H and O–H groups in total. The van der Waals surface area contributed by atoms with Gasteiger partial charge in [0.05, 0.1) is 17.4 Å². The predicted octanol–water partition coefficient (Wildman–Crippen LogP) is 3.22. The fourth-order valence-electron chi connectivity index (χ4n) is 2.61. The van der Waals surface area contributed by atoms with Gasteiger partial charge in [0.15, 0.2) is 0 Å². The maximum Gasteiger partial charge on any atom is 0.264 e. The lowest BCUT2D eigenvalue weighted by molar-refractivity contribution is 0.456. The Morgan fingerprint density at radius 2 is 2.16 bits per heavy atom. The molecule has 2 rings (SSSR count). The molecule has 1 aliphatic carbocycles. The van der Waals surface area contributed by atoms with Gasteiger partial charge in [-0.25, -0.2) is 8.42 Å². The third-order valence-electron chi connectivity index (χ3n) is 3.49. The van der Waals surface area contributed by atoms with Crippen LogP contribution >= 0.6 is 10.7 Å². The fourth-order valence-corrected chi connectivity index (χ4v) is 4.13. The van der Waals surface area contributed by atoms with E-state index in [4.69, 9.17) is 10.7 Å². The normalized spacial score (nSPS) is 19.8. The second-order valence-corrected chi connectivity index (χ2v) is 7.24. The van der Waals surface area contributed by atoms with Gasteiger partial charge in [-0.2, -0.15) is 5.10 Å². The molecule has 1 unspecified atom stereocenters. The summed E-state index contributed by atoms with van der Waals surface area (Å²) < 4.78 is 25.4. The van der Waals surface area contributed by atoms with Crippen molar-refractivity contribution in [1.29, 1.82) is 0 Å². The van der Waals surface area contributed by atoms with Crippen molar-refractivity contribution in [1.82, 2.24) is 9.78 Å². The van der Waals surface area contributed by atoms with E-state index in [-0.39, 0.29) is 10.9 Å². The monoisotopic (exact) mass is 302 g/mol. The van der Waals surface area contributed by atoms with E-state index in [1.165, 1.54) is 0 Å². The van der Waals surface area contributed by atoms with E-state index in [1.807, 2.05) is 18.5 Å². The summed E-state index contributed by atoms with van der Waals surface area (Å²) in [4.78, 5) is 0.221. The van der Waals surface area contributed by atoms with Gasteiger partial charge in [-0.15, -0.1) is 0 Å². The second-order valence-electron chi connectivity index (χ2n) is 4.74. The van der Waals surface area contributed by atoms with Gasteiger partial charge in [-0.3, -0.25) is 4.68 Å². The van der Waals surface area contributed by atoms with Crippen molar-refractivity contribution in [3.8, 4) is 0 Å². The maximum atomic E-state index is 11.8. The fraction of sp³-hybridized carbons (Fsp3) is 0.615. The predicted molar refractivity (Wildman–Crippen MR) is 76.0 cm³/mol. The van der Waals surface area contributed by atoms with Gasteiger partial charge in [0.25, 0.3) is 9.05 Å². The molecule has 106 valence electrons. The lowest BCUT2D eigenvalue weighted by Gasteiger charge is -2.19. The molecule has 0 amide bonds. The first-order valence-corrected chi connectivity index (χ1v) is 9.01. The van der Waals surface area contributed by atoms with Crippen molar-refractivity contribution < 1.29 is 8.42 Å². The van der Waals surface area contributed by atoms with Crippen LogP contribution in [0.3, 0.4) is 0 Å². The Morgan fingerprint density at radius 3 is 2.63 bits per heavy atom. The number of hydrogen-bond donors (Lipinski definition) is 0. The molecule has 1 aromatic rings. The molecule has 0 spiro atoms. The topological polar surface area (TPSA) is 52.0 Å². The van der Waals surface area contributed by atoms with E-state index in [0.717, 1.165) is 25.0 Å². The molecule has 1 aliphatic rings. The SMILES string of the molecule is CCc1nn(C2C=CCCC2)c(CC)c1S(=O)(=O)Cl. The van der Waals surface area contributed by atoms with Crippen LogP contribution in [0.1, 0.15) is 50.5 Å². The van der Waals surface area contributed by atoms with Gasteiger partial charge in [-0.05, 0) is 32.1 Å². The molecule has 6 heteroatoms. The van der Waals surface area contributed by atoms with Crippen molar-refractivity contribution in [2.45, 2.75) is 56.9 Å². The van der Waals surface area contributed by atoms with Gasteiger partial charge in [-0.1, -0.05) is 26.0 Å². The summed E-state index contributed by atoms with van der Waals surface area (Å²) >= 11 is 0. The molecule has 0 bridgehead atoms. The van der Waals surface area contributed by atoms with Crippen LogP contribution in [0.25, 0.3) is 0 Å². The van der Waals surface area contributed by atoms with Gasteiger partial charge >= 0.3 is 0 Å². The van der Waals surface area contributed by atoms with Gasteiger partial charge in [0.1, 0.15) is 4.90 Å². The van der Waals surface area contributed by atoms with Crippen LogP contribution in [-0.4, -0.2) is 18.2 Å². The first-order chi connectivity index (χ1) is 8.99. The van der Waals surface area contributed by atoms with Crippen LogP contribution in [0.5, 0.6) is 0 Å². The van der Waals surface area contributed by atoms with Crippen molar-refractivity contribution in [3.63, 3.8) is 0 Å². The molecule has 1 aromatic heterocycles.